The van der Waals surface area contributed by atoms with Gasteiger partial charge in [-0.1, -0.05) is 11.3 Å². The maximum absolute atomic E-state index is 11.0. The van der Waals surface area contributed by atoms with E-state index < -0.39 is 5.97 Å². The second-order valence-electron chi connectivity index (χ2n) is 3.92. The van der Waals surface area contributed by atoms with Crippen molar-refractivity contribution in [1.82, 2.24) is 20.0 Å². The van der Waals surface area contributed by atoms with Crippen LogP contribution in [-0.2, 0) is 24.3 Å². The highest BCUT2D eigenvalue weighted by Gasteiger charge is 2.18. The molecule has 0 spiro atoms. The van der Waals surface area contributed by atoms with E-state index in [4.69, 9.17) is 9.84 Å². The molecule has 100 valence electrons. The van der Waals surface area contributed by atoms with Gasteiger partial charge in [-0.2, -0.15) is 0 Å². The van der Waals surface area contributed by atoms with Crippen LogP contribution in [0.25, 0.3) is 0 Å². The van der Waals surface area contributed by atoms with Crippen LogP contribution in [0.15, 0.2) is 24.4 Å². The third kappa shape index (κ3) is 3.14. The van der Waals surface area contributed by atoms with E-state index in [1.54, 1.807) is 10.9 Å². The van der Waals surface area contributed by atoms with Gasteiger partial charge < -0.3 is 9.84 Å². The number of aryl methyl sites for hydroxylation is 2. The Labute approximate surface area is 109 Å². The molecule has 0 aliphatic rings. The third-order valence-corrected chi connectivity index (χ3v) is 2.63. The van der Waals surface area contributed by atoms with Crippen LogP contribution in [0.4, 0.5) is 0 Å². The average molecular weight is 262 g/mol. The molecule has 2 rings (SSSR count). The molecular weight excluding hydrogens is 248 g/mol. The van der Waals surface area contributed by atoms with Crippen LogP contribution in [-0.4, -0.2) is 38.2 Å². The molecule has 1 N–H and O–H groups in total. The SMILES string of the molecule is COCc1c(C(=O)O)nnn1CCc1ccccn1. The van der Waals surface area contributed by atoms with Crippen molar-refractivity contribution < 1.29 is 14.6 Å². The molecule has 0 amide bonds. The zero-order chi connectivity index (χ0) is 13.7. The van der Waals surface area contributed by atoms with E-state index in [9.17, 15) is 4.79 Å². The van der Waals surface area contributed by atoms with Crippen molar-refractivity contribution in [1.29, 1.82) is 0 Å². The first-order valence-corrected chi connectivity index (χ1v) is 5.77. The first-order chi connectivity index (χ1) is 9.22. The number of nitrogens with zero attached hydrogens (tertiary/aromatic N) is 4. The second-order valence-corrected chi connectivity index (χ2v) is 3.92. The summed E-state index contributed by atoms with van der Waals surface area (Å²) in [6.07, 6.45) is 2.37. The smallest absolute Gasteiger partial charge is 0.358 e. The van der Waals surface area contributed by atoms with Crippen LogP contribution in [0.5, 0.6) is 0 Å². The number of hydrogen-bond donors (Lipinski definition) is 1. The minimum Gasteiger partial charge on any atom is -0.476 e. The Morgan fingerprint density at radius 2 is 2.32 bits per heavy atom. The summed E-state index contributed by atoms with van der Waals surface area (Å²) < 4.78 is 6.53. The number of carbonyl (C=O) groups is 1. The van der Waals surface area contributed by atoms with Crippen molar-refractivity contribution >= 4 is 5.97 Å². The van der Waals surface area contributed by atoms with Crippen molar-refractivity contribution in [2.75, 3.05) is 7.11 Å². The van der Waals surface area contributed by atoms with E-state index in [1.807, 2.05) is 18.2 Å². The Hall–Kier alpha value is -2.28. The molecule has 0 aliphatic carbocycles. The monoisotopic (exact) mass is 262 g/mol. The Bertz CT molecular complexity index is 553. The molecule has 0 unspecified atom stereocenters. The number of carboxylic acids is 1. The van der Waals surface area contributed by atoms with Crippen molar-refractivity contribution in [3.63, 3.8) is 0 Å². The number of hydrogen-bond acceptors (Lipinski definition) is 5. The summed E-state index contributed by atoms with van der Waals surface area (Å²) in [5.74, 6) is -1.10. The fourth-order valence-corrected chi connectivity index (χ4v) is 1.72. The number of pyridine rings is 1. The summed E-state index contributed by atoms with van der Waals surface area (Å²) in [4.78, 5) is 15.2. The lowest BCUT2D eigenvalue weighted by molar-refractivity contribution is 0.0684. The maximum atomic E-state index is 11.0. The predicted octanol–water partition coefficient (Wildman–Crippen LogP) is 0.760. The number of methoxy groups -OCH3 is 1. The van der Waals surface area contributed by atoms with Crippen molar-refractivity contribution in [3.8, 4) is 0 Å². The van der Waals surface area contributed by atoms with Gasteiger partial charge in [-0.15, -0.1) is 5.10 Å². The van der Waals surface area contributed by atoms with Gasteiger partial charge in [-0.3, -0.25) is 4.98 Å². The van der Waals surface area contributed by atoms with Crippen molar-refractivity contribution in [2.45, 2.75) is 19.6 Å². The Kier molecular flexibility index (Phi) is 4.19. The Morgan fingerprint density at radius 1 is 1.47 bits per heavy atom. The number of ether oxygens (including phenoxy) is 1. The molecule has 2 aromatic heterocycles. The van der Waals surface area contributed by atoms with E-state index >= 15 is 0 Å². The molecule has 0 aliphatic heterocycles. The summed E-state index contributed by atoms with van der Waals surface area (Å²) in [7, 11) is 1.50. The molecule has 0 atom stereocenters. The number of aromatic nitrogens is 4. The summed E-state index contributed by atoms with van der Waals surface area (Å²) in [5, 5.41) is 16.5. The fourth-order valence-electron chi connectivity index (χ4n) is 1.72. The van der Waals surface area contributed by atoms with Gasteiger partial charge in [-0.25, -0.2) is 9.48 Å². The maximum Gasteiger partial charge on any atom is 0.358 e. The highest BCUT2D eigenvalue weighted by atomic mass is 16.5. The molecule has 0 fully saturated rings. The Balaban J connectivity index is 2.14. The minimum atomic E-state index is -1.10. The van der Waals surface area contributed by atoms with Gasteiger partial charge in [0, 0.05) is 32.0 Å². The Morgan fingerprint density at radius 3 is 2.95 bits per heavy atom. The number of carboxylic acid groups (broad SMARTS) is 1. The third-order valence-electron chi connectivity index (χ3n) is 2.63. The predicted molar refractivity (Wildman–Crippen MR) is 65.6 cm³/mol. The van der Waals surface area contributed by atoms with E-state index in [0.717, 1.165) is 5.69 Å². The van der Waals surface area contributed by atoms with E-state index in [0.29, 0.717) is 18.7 Å². The van der Waals surface area contributed by atoms with E-state index in [-0.39, 0.29) is 12.3 Å². The van der Waals surface area contributed by atoms with E-state index in [1.165, 1.54) is 7.11 Å². The standard InChI is InChI=1S/C12H14N4O3/c1-19-8-10-11(12(17)18)14-15-16(10)7-5-9-4-2-3-6-13-9/h2-4,6H,5,7-8H2,1H3,(H,17,18). The quantitative estimate of drug-likeness (QED) is 0.826. The van der Waals surface area contributed by atoms with Gasteiger partial charge in [0.05, 0.1) is 12.3 Å². The fraction of sp³-hybridized carbons (Fsp3) is 0.333. The van der Waals surface area contributed by atoms with Gasteiger partial charge in [0.15, 0.2) is 5.69 Å². The van der Waals surface area contributed by atoms with Crippen LogP contribution in [0.1, 0.15) is 21.9 Å². The number of rotatable bonds is 6. The molecule has 0 saturated carbocycles. The van der Waals surface area contributed by atoms with Gasteiger partial charge in [0.25, 0.3) is 0 Å². The van der Waals surface area contributed by atoms with Gasteiger partial charge in [-0.05, 0) is 12.1 Å². The molecule has 7 heteroatoms. The lowest BCUT2D eigenvalue weighted by Crippen LogP contribution is -2.11. The van der Waals surface area contributed by atoms with E-state index in [2.05, 4.69) is 15.3 Å². The molecule has 0 aromatic carbocycles. The molecular formula is C12H14N4O3. The lowest BCUT2D eigenvalue weighted by Gasteiger charge is -2.05. The molecule has 2 aromatic rings. The van der Waals surface area contributed by atoms with Crippen LogP contribution in [0.2, 0.25) is 0 Å². The second kappa shape index (κ2) is 6.05. The lowest BCUT2D eigenvalue weighted by atomic mass is 10.2. The molecule has 0 radical (unpaired) electrons. The minimum absolute atomic E-state index is 0.0668. The summed E-state index contributed by atoms with van der Waals surface area (Å²) in [5.41, 5.74) is 1.31. The molecule has 2 heterocycles. The van der Waals surface area contributed by atoms with Crippen LogP contribution in [0.3, 0.4) is 0 Å². The first kappa shape index (κ1) is 13.2. The summed E-state index contributed by atoms with van der Waals surface area (Å²) >= 11 is 0. The highest BCUT2D eigenvalue weighted by molar-refractivity contribution is 5.86. The van der Waals surface area contributed by atoms with Crippen molar-refractivity contribution in [3.05, 3.63) is 41.5 Å². The van der Waals surface area contributed by atoms with Crippen LogP contribution in [0, 0.1) is 0 Å². The molecule has 0 saturated heterocycles. The van der Waals surface area contributed by atoms with Crippen LogP contribution < -0.4 is 0 Å². The highest BCUT2D eigenvalue weighted by Crippen LogP contribution is 2.08. The zero-order valence-corrected chi connectivity index (χ0v) is 10.5. The normalized spacial score (nSPS) is 10.6. The van der Waals surface area contributed by atoms with Gasteiger partial charge >= 0.3 is 5.97 Å². The molecule has 0 bridgehead atoms. The average Bonchev–Trinajstić information content (AvgIpc) is 2.81. The molecule has 7 nitrogen and oxygen atoms in total. The van der Waals surface area contributed by atoms with Crippen molar-refractivity contribution in [2.24, 2.45) is 0 Å². The zero-order valence-electron chi connectivity index (χ0n) is 10.5. The number of aromatic carboxylic acids is 1. The topological polar surface area (TPSA) is 90.1 Å². The largest absolute Gasteiger partial charge is 0.476 e. The van der Waals surface area contributed by atoms with Gasteiger partial charge in [0.1, 0.15) is 0 Å². The van der Waals surface area contributed by atoms with Gasteiger partial charge in [0.2, 0.25) is 0 Å². The molecule has 19 heavy (non-hydrogen) atoms. The summed E-state index contributed by atoms with van der Waals surface area (Å²) in [6.45, 7) is 0.673. The summed E-state index contributed by atoms with van der Waals surface area (Å²) in [6, 6.07) is 5.66. The van der Waals surface area contributed by atoms with Crippen LogP contribution >= 0.6 is 0 Å². The first-order valence-electron chi connectivity index (χ1n) is 5.77.